The predicted octanol–water partition coefficient (Wildman–Crippen LogP) is 3.53. The summed E-state index contributed by atoms with van der Waals surface area (Å²) in [6.45, 7) is 2.48. The number of hydrogen-bond acceptors (Lipinski definition) is 2. The Morgan fingerprint density at radius 1 is 1.05 bits per heavy atom. The summed E-state index contributed by atoms with van der Waals surface area (Å²) in [5.41, 5.74) is 2.49. The fraction of sp³-hybridized carbons (Fsp3) is 0.188. The summed E-state index contributed by atoms with van der Waals surface area (Å²) in [5, 5.41) is 9.05. The molecule has 3 heteroatoms. The smallest absolute Gasteiger partial charge is 0.339 e. The maximum Gasteiger partial charge on any atom is 0.339 e. The second kappa shape index (κ2) is 6.05. The standard InChI is InChI=1S/C16H16O3/c1-2-12-7-9-13(10-8-12)11-19-15-6-4-3-5-14(15)16(17)18/h3-10H,2,11H2,1H3,(H,17,18). The molecule has 0 saturated heterocycles. The quantitative estimate of drug-likeness (QED) is 0.890. The number of hydrogen-bond donors (Lipinski definition) is 1. The van der Waals surface area contributed by atoms with Gasteiger partial charge >= 0.3 is 5.97 Å². The molecule has 19 heavy (non-hydrogen) atoms. The van der Waals surface area contributed by atoms with Crippen LogP contribution in [0.2, 0.25) is 0 Å². The van der Waals surface area contributed by atoms with Crippen molar-refractivity contribution >= 4 is 5.97 Å². The van der Waals surface area contributed by atoms with Crippen LogP contribution < -0.4 is 4.74 Å². The lowest BCUT2D eigenvalue weighted by atomic mass is 10.1. The summed E-state index contributed by atoms with van der Waals surface area (Å²) in [4.78, 5) is 11.0. The number of para-hydroxylation sites is 1. The highest BCUT2D eigenvalue weighted by Gasteiger charge is 2.09. The van der Waals surface area contributed by atoms with Crippen LogP contribution in [0.1, 0.15) is 28.4 Å². The number of rotatable bonds is 5. The summed E-state index contributed by atoms with van der Waals surface area (Å²) < 4.78 is 5.58. The molecule has 0 aromatic heterocycles. The Bertz CT molecular complexity index is 558. The average Bonchev–Trinajstić information content (AvgIpc) is 2.46. The van der Waals surface area contributed by atoms with E-state index >= 15 is 0 Å². The van der Waals surface area contributed by atoms with Crippen LogP contribution in [0, 0.1) is 0 Å². The number of benzene rings is 2. The van der Waals surface area contributed by atoms with E-state index in [4.69, 9.17) is 9.84 Å². The molecular weight excluding hydrogens is 240 g/mol. The molecular formula is C16H16O3. The van der Waals surface area contributed by atoms with Gasteiger partial charge in [-0.2, -0.15) is 0 Å². The number of aromatic carboxylic acids is 1. The van der Waals surface area contributed by atoms with Gasteiger partial charge in [-0.3, -0.25) is 0 Å². The minimum atomic E-state index is -0.975. The molecule has 0 amide bonds. The summed E-state index contributed by atoms with van der Waals surface area (Å²) in [6, 6.07) is 14.8. The normalized spacial score (nSPS) is 10.2. The molecule has 0 unspecified atom stereocenters. The number of carboxylic acid groups (broad SMARTS) is 1. The zero-order chi connectivity index (χ0) is 13.7. The van der Waals surface area contributed by atoms with E-state index in [0.29, 0.717) is 12.4 Å². The van der Waals surface area contributed by atoms with Gasteiger partial charge in [-0.1, -0.05) is 43.3 Å². The van der Waals surface area contributed by atoms with E-state index in [0.717, 1.165) is 12.0 Å². The van der Waals surface area contributed by atoms with Crippen molar-refractivity contribution < 1.29 is 14.6 Å². The van der Waals surface area contributed by atoms with E-state index in [-0.39, 0.29) is 5.56 Å². The summed E-state index contributed by atoms with van der Waals surface area (Å²) in [5.74, 6) is -0.577. The van der Waals surface area contributed by atoms with Gasteiger partial charge in [-0.05, 0) is 29.7 Å². The zero-order valence-corrected chi connectivity index (χ0v) is 10.8. The van der Waals surface area contributed by atoms with Gasteiger partial charge in [-0.15, -0.1) is 0 Å². The van der Waals surface area contributed by atoms with Gasteiger partial charge in [0.05, 0.1) is 0 Å². The molecule has 0 bridgehead atoms. The lowest BCUT2D eigenvalue weighted by Gasteiger charge is -2.09. The molecule has 2 rings (SSSR count). The minimum absolute atomic E-state index is 0.188. The van der Waals surface area contributed by atoms with Gasteiger partial charge in [0.25, 0.3) is 0 Å². The molecule has 0 aliphatic rings. The van der Waals surface area contributed by atoms with Crippen molar-refractivity contribution in [2.45, 2.75) is 20.0 Å². The first-order valence-electron chi connectivity index (χ1n) is 6.23. The molecule has 1 N–H and O–H groups in total. The van der Waals surface area contributed by atoms with E-state index < -0.39 is 5.97 Å². The highest BCUT2D eigenvalue weighted by molar-refractivity contribution is 5.90. The summed E-state index contributed by atoms with van der Waals surface area (Å²) >= 11 is 0. The molecule has 0 radical (unpaired) electrons. The third-order valence-electron chi connectivity index (χ3n) is 2.94. The maximum atomic E-state index is 11.0. The van der Waals surface area contributed by atoms with Crippen molar-refractivity contribution in [1.82, 2.24) is 0 Å². The van der Waals surface area contributed by atoms with Crippen LogP contribution in [-0.4, -0.2) is 11.1 Å². The van der Waals surface area contributed by atoms with Crippen molar-refractivity contribution in [3.63, 3.8) is 0 Å². The van der Waals surface area contributed by atoms with Crippen LogP contribution in [0.3, 0.4) is 0 Å². The van der Waals surface area contributed by atoms with Crippen LogP contribution in [-0.2, 0) is 13.0 Å². The topological polar surface area (TPSA) is 46.5 Å². The van der Waals surface area contributed by atoms with Crippen molar-refractivity contribution in [2.75, 3.05) is 0 Å². The van der Waals surface area contributed by atoms with Crippen molar-refractivity contribution in [3.8, 4) is 5.75 Å². The molecule has 0 atom stereocenters. The SMILES string of the molecule is CCc1ccc(COc2ccccc2C(=O)O)cc1. The van der Waals surface area contributed by atoms with Gasteiger partial charge in [0, 0.05) is 0 Å². The Morgan fingerprint density at radius 3 is 2.32 bits per heavy atom. The van der Waals surface area contributed by atoms with E-state index in [1.807, 2.05) is 12.1 Å². The second-order valence-corrected chi connectivity index (χ2v) is 4.26. The Labute approximate surface area is 112 Å². The lowest BCUT2D eigenvalue weighted by molar-refractivity contribution is 0.0692. The van der Waals surface area contributed by atoms with Crippen LogP contribution in [0.25, 0.3) is 0 Å². The highest BCUT2D eigenvalue weighted by atomic mass is 16.5. The fourth-order valence-corrected chi connectivity index (χ4v) is 1.80. The molecule has 0 aliphatic carbocycles. The molecule has 3 nitrogen and oxygen atoms in total. The largest absolute Gasteiger partial charge is 0.488 e. The molecule has 0 heterocycles. The molecule has 0 saturated carbocycles. The Morgan fingerprint density at radius 2 is 1.68 bits per heavy atom. The van der Waals surface area contributed by atoms with Gasteiger partial charge in [0.15, 0.2) is 0 Å². The Kier molecular flexibility index (Phi) is 4.18. The third-order valence-corrected chi connectivity index (χ3v) is 2.94. The average molecular weight is 256 g/mol. The first-order valence-corrected chi connectivity index (χ1v) is 6.23. The Hall–Kier alpha value is -2.29. The third kappa shape index (κ3) is 3.35. The first-order chi connectivity index (χ1) is 9.20. The van der Waals surface area contributed by atoms with Crippen LogP contribution in [0.5, 0.6) is 5.75 Å². The van der Waals surface area contributed by atoms with E-state index in [1.54, 1.807) is 18.2 Å². The number of ether oxygens (including phenoxy) is 1. The molecule has 2 aromatic carbocycles. The van der Waals surface area contributed by atoms with Crippen molar-refractivity contribution in [3.05, 3.63) is 65.2 Å². The van der Waals surface area contributed by atoms with Crippen molar-refractivity contribution in [2.24, 2.45) is 0 Å². The molecule has 98 valence electrons. The number of aryl methyl sites for hydroxylation is 1. The summed E-state index contributed by atoms with van der Waals surface area (Å²) in [6.07, 6.45) is 1.00. The van der Waals surface area contributed by atoms with Crippen molar-refractivity contribution in [1.29, 1.82) is 0 Å². The lowest BCUT2D eigenvalue weighted by Crippen LogP contribution is -2.03. The van der Waals surface area contributed by atoms with Gasteiger partial charge in [0.2, 0.25) is 0 Å². The molecule has 2 aromatic rings. The van der Waals surface area contributed by atoms with Gasteiger partial charge in [-0.25, -0.2) is 4.79 Å². The second-order valence-electron chi connectivity index (χ2n) is 4.26. The number of carbonyl (C=O) groups is 1. The number of carboxylic acids is 1. The first kappa shape index (κ1) is 13.1. The zero-order valence-electron chi connectivity index (χ0n) is 10.8. The van der Waals surface area contributed by atoms with E-state index in [1.165, 1.54) is 11.6 Å². The molecule has 0 fully saturated rings. The maximum absolute atomic E-state index is 11.0. The molecule has 0 spiro atoms. The summed E-state index contributed by atoms with van der Waals surface area (Å²) in [7, 11) is 0. The van der Waals surface area contributed by atoms with Crippen LogP contribution >= 0.6 is 0 Å². The predicted molar refractivity (Wildman–Crippen MR) is 73.6 cm³/mol. The van der Waals surface area contributed by atoms with Crippen LogP contribution in [0.4, 0.5) is 0 Å². The van der Waals surface area contributed by atoms with Gasteiger partial charge in [0.1, 0.15) is 17.9 Å². The fourth-order valence-electron chi connectivity index (χ4n) is 1.80. The van der Waals surface area contributed by atoms with E-state index in [2.05, 4.69) is 19.1 Å². The monoisotopic (exact) mass is 256 g/mol. The highest BCUT2D eigenvalue weighted by Crippen LogP contribution is 2.19. The molecule has 0 aliphatic heterocycles. The minimum Gasteiger partial charge on any atom is -0.488 e. The van der Waals surface area contributed by atoms with E-state index in [9.17, 15) is 4.79 Å². The Balaban J connectivity index is 2.07. The van der Waals surface area contributed by atoms with Crippen LogP contribution in [0.15, 0.2) is 48.5 Å². The van der Waals surface area contributed by atoms with Gasteiger partial charge < -0.3 is 9.84 Å².